The molecule has 0 bridgehead atoms. The van der Waals surface area contributed by atoms with Crippen molar-refractivity contribution in [3.05, 3.63) is 53.6 Å². The summed E-state index contributed by atoms with van der Waals surface area (Å²) < 4.78 is 7.35. The van der Waals surface area contributed by atoms with Gasteiger partial charge in [-0.05, 0) is 55.1 Å². The zero-order valence-electron chi connectivity index (χ0n) is 18.1. The molecule has 2 aromatic carbocycles. The molecule has 0 fully saturated rings. The fourth-order valence-electron chi connectivity index (χ4n) is 3.49. The van der Waals surface area contributed by atoms with Gasteiger partial charge in [0.25, 0.3) is 0 Å². The van der Waals surface area contributed by atoms with E-state index in [1.54, 1.807) is 19.2 Å². The summed E-state index contributed by atoms with van der Waals surface area (Å²) in [5, 5.41) is 13.1. The molecule has 4 aromatic rings. The van der Waals surface area contributed by atoms with Gasteiger partial charge in [-0.15, -0.1) is 22.0 Å². The first-order valence-corrected chi connectivity index (χ1v) is 12.1. The lowest BCUT2D eigenvalue weighted by Crippen LogP contribution is -2.08. The van der Waals surface area contributed by atoms with Crippen molar-refractivity contribution in [2.75, 3.05) is 24.4 Å². The fourth-order valence-corrected chi connectivity index (χ4v) is 4.92. The van der Waals surface area contributed by atoms with E-state index >= 15 is 0 Å². The number of nitrogens with zero attached hydrogens (tertiary/aromatic N) is 3. The van der Waals surface area contributed by atoms with Crippen molar-refractivity contribution < 1.29 is 14.3 Å². The summed E-state index contributed by atoms with van der Waals surface area (Å²) in [5.41, 5.74) is 4.05. The summed E-state index contributed by atoms with van der Waals surface area (Å²) in [6.07, 6.45) is 1.91. The van der Waals surface area contributed by atoms with Crippen LogP contribution in [0.3, 0.4) is 0 Å². The van der Waals surface area contributed by atoms with Crippen LogP contribution in [0.4, 0.5) is 5.69 Å². The predicted molar refractivity (Wildman–Crippen MR) is 129 cm³/mol. The number of rotatable bonds is 7. The summed E-state index contributed by atoms with van der Waals surface area (Å²) in [7, 11) is 1.63. The number of hydrogen-bond donors (Lipinski definition) is 1. The molecule has 0 saturated carbocycles. The second-order valence-corrected chi connectivity index (χ2v) is 8.99. The van der Waals surface area contributed by atoms with Crippen molar-refractivity contribution >= 4 is 57.5 Å². The number of ketones is 1. The van der Waals surface area contributed by atoms with Crippen molar-refractivity contribution in [1.82, 2.24) is 14.6 Å². The highest BCUT2D eigenvalue weighted by molar-refractivity contribution is 7.99. The largest absolute Gasteiger partial charge is 0.497 e. The van der Waals surface area contributed by atoms with Gasteiger partial charge in [-0.2, -0.15) is 0 Å². The van der Waals surface area contributed by atoms with Gasteiger partial charge < -0.3 is 10.1 Å². The maximum atomic E-state index is 12.9. The minimum atomic E-state index is -0.146. The zero-order chi connectivity index (χ0) is 22.8. The van der Waals surface area contributed by atoms with E-state index in [4.69, 9.17) is 4.74 Å². The molecule has 0 saturated heterocycles. The molecule has 0 aliphatic heterocycles. The number of anilines is 1. The van der Waals surface area contributed by atoms with Crippen LogP contribution < -0.4 is 10.1 Å². The van der Waals surface area contributed by atoms with Crippen molar-refractivity contribution in [2.45, 2.75) is 23.9 Å². The molecule has 0 aliphatic rings. The Morgan fingerprint density at radius 3 is 2.66 bits per heavy atom. The average Bonchev–Trinajstić information content (AvgIpc) is 3.19. The quantitative estimate of drug-likeness (QED) is 0.308. The number of benzene rings is 2. The Bertz CT molecular complexity index is 1350. The molecule has 0 aliphatic carbocycles. The highest BCUT2D eigenvalue weighted by atomic mass is 32.2. The van der Waals surface area contributed by atoms with Gasteiger partial charge in [0.2, 0.25) is 5.91 Å². The standard InChI is InChI=1S/C23H22N4O3S2/c1-13-9-22-25-26-23(27(22)19-11-16(30-3)6-7-17(13)19)32-12-20(29)15-5-8-18(24-14(2)28)21(10-15)31-4/h5-11H,12H2,1-4H3,(H,24,28). The van der Waals surface area contributed by atoms with E-state index in [1.165, 1.54) is 30.4 Å². The van der Waals surface area contributed by atoms with E-state index < -0.39 is 0 Å². The Kier molecular flexibility index (Phi) is 6.38. The van der Waals surface area contributed by atoms with Crippen LogP contribution in [0, 0.1) is 6.92 Å². The number of hydrogen-bond acceptors (Lipinski definition) is 7. The molecule has 2 aromatic heterocycles. The first-order chi connectivity index (χ1) is 15.4. The molecule has 0 spiro atoms. The number of carbonyl (C=O) groups is 2. The summed E-state index contributed by atoms with van der Waals surface area (Å²) >= 11 is 2.83. The van der Waals surface area contributed by atoms with E-state index in [-0.39, 0.29) is 17.4 Å². The number of Topliss-reactive ketones (excluding diaryl/α,β-unsaturated/α-hetero) is 1. The molecule has 1 N–H and O–H groups in total. The molecular weight excluding hydrogens is 444 g/mol. The molecule has 1 amide bonds. The number of aryl methyl sites for hydroxylation is 1. The normalized spacial score (nSPS) is 11.1. The zero-order valence-corrected chi connectivity index (χ0v) is 19.8. The van der Waals surface area contributed by atoms with Gasteiger partial charge >= 0.3 is 0 Å². The summed E-state index contributed by atoms with van der Waals surface area (Å²) in [6.45, 7) is 3.50. The predicted octanol–water partition coefficient (Wildman–Crippen LogP) is 4.85. The SMILES string of the molecule is COc1ccc2c(C)cc3nnc(SCC(=O)c4ccc(NC(C)=O)c(SC)c4)n3c2c1. The molecule has 4 rings (SSSR count). The smallest absolute Gasteiger partial charge is 0.221 e. The number of fused-ring (bicyclic) bond motifs is 3. The minimum absolute atomic E-state index is 0.0228. The van der Waals surface area contributed by atoms with Gasteiger partial charge in [0.05, 0.1) is 24.1 Å². The van der Waals surface area contributed by atoms with Crippen molar-refractivity contribution in [2.24, 2.45) is 0 Å². The molecule has 7 nitrogen and oxygen atoms in total. The van der Waals surface area contributed by atoms with Crippen LogP contribution >= 0.6 is 23.5 Å². The van der Waals surface area contributed by atoms with Crippen LogP contribution in [0.1, 0.15) is 22.8 Å². The van der Waals surface area contributed by atoms with Crippen molar-refractivity contribution in [3.8, 4) is 5.75 Å². The Balaban J connectivity index is 1.63. The third kappa shape index (κ3) is 4.31. The maximum Gasteiger partial charge on any atom is 0.221 e. The molecule has 32 heavy (non-hydrogen) atoms. The number of methoxy groups -OCH3 is 1. The molecular formula is C23H22N4O3S2. The summed E-state index contributed by atoms with van der Waals surface area (Å²) in [6, 6.07) is 13.2. The topological polar surface area (TPSA) is 85.6 Å². The first-order valence-electron chi connectivity index (χ1n) is 9.85. The second kappa shape index (κ2) is 9.22. The van der Waals surface area contributed by atoms with Crippen LogP contribution in [0.25, 0.3) is 16.6 Å². The number of aromatic nitrogens is 3. The Morgan fingerprint density at radius 1 is 1.12 bits per heavy atom. The number of pyridine rings is 1. The van der Waals surface area contributed by atoms with E-state index in [1.807, 2.05) is 47.9 Å². The van der Waals surface area contributed by atoms with Crippen LogP contribution in [-0.2, 0) is 4.79 Å². The number of amides is 1. The lowest BCUT2D eigenvalue weighted by molar-refractivity contribution is -0.114. The lowest BCUT2D eigenvalue weighted by Gasteiger charge is -2.10. The van der Waals surface area contributed by atoms with Gasteiger partial charge in [-0.25, -0.2) is 0 Å². The Labute approximate surface area is 193 Å². The van der Waals surface area contributed by atoms with E-state index in [2.05, 4.69) is 15.5 Å². The fraction of sp³-hybridized carbons (Fsp3) is 0.217. The molecule has 164 valence electrons. The van der Waals surface area contributed by atoms with Gasteiger partial charge in [-0.1, -0.05) is 11.8 Å². The van der Waals surface area contributed by atoms with E-state index in [0.29, 0.717) is 16.4 Å². The number of thioether (sulfide) groups is 2. The molecule has 0 radical (unpaired) electrons. The highest BCUT2D eigenvalue weighted by Crippen LogP contribution is 2.30. The highest BCUT2D eigenvalue weighted by Gasteiger charge is 2.16. The Hall–Kier alpha value is -3.04. The van der Waals surface area contributed by atoms with Crippen LogP contribution in [0.5, 0.6) is 5.75 Å². The first kappa shape index (κ1) is 22.2. The average molecular weight is 467 g/mol. The number of ether oxygens (including phenoxy) is 1. The lowest BCUT2D eigenvalue weighted by atomic mass is 10.1. The molecule has 2 heterocycles. The van der Waals surface area contributed by atoms with Gasteiger partial charge in [0.1, 0.15) is 5.75 Å². The summed E-state index contributed by atoms with van der Waals surface area (Å²) in [4.78, 5) is 25.1. The molecule has 9 heteroatoms. The van der Waals surface area contributed by atoms with Gasteiger partial charge in [-0.3, -0.25) is 14.0 Å². The number of nitrogens with one attached hydrogen (secondary N) is 1. The minimum Gasteiger partial charge on any atom is -0.497 e. The second-order valence-electron chi connectivity index (χ2n) is 7.19. The summed E-state index contributed by atoms with van der Waals surface area (Å²) in [5.74, 6) is 0.792. The monoisotopic (exact) mass is 466 g/mol. The van der Waals surface area contributed by atoms with E-state index in [0.717, 1.165) is 32.8 Å². The van der Waals surface area contributed by atoms with Crippen molar-refractivity contribution in [1.29, 1.82) is 0 Å². The van der Waals surface area contributed by atoms with E-state index in [9.17, 15) is 9.59 Å². The van der Waals surface area contributed by atoms with Gasteiger partial charge in [0, 0.05) is 28.8 Å². The van der Waals surface area contributed by atoms with Crippen LogP contribution in [0.15, 0.2) is 52.5 Å². The Morgan fingerprint density at radius 2 is 1.94 bits per heavy atom. The third-order valence-electron chi connectivity index (χ3n) is 5.04. The third-order valence-corrected chi connectivity index (χ3v) is 6.75. The molecule has 0 unspecified atom stereocenters. The maximum absolute atomic E-state index is 12.9. The van der Waals surface area contributed by atoms with Crippen LogP contribution in [0.2, 0.25) is 0 Å². The van der Waals surface area contributed by atoms with Gasteiger partial charge in [0.15, 0.2) is 16.6 Å². The van der Waals surface area contributed by atoms with Crippen molar-refractivity contribution in [3.63, 3.8) is 0 Å². The van der Waals surface area contributed by atoms with Crippen LogP contribution in [-0.4, -0.2) is 45.4 Å². The molecule has 0 atom stereocenters. The number of carbonyl (C=O) groups excluding carboxylic acids is 2.